The Morgan fingerprint density at radius 3 is 2.50 bits per heavy atom. The second-order valence-electron chi connectivity index (χ2n) is 5.32. The highest BCUT2D eigenvalue weighted by Crippen LogP contribution is 2.22. The van der Waals surface area contributed by atoms with Crippen LogP contribution in [0.2, 0.25) is 0 Å². The molecule has 0 saturated carbocycles. The van der Waals surface area contributed by atoms with Crippen LogP contribution in [0.5, 0.6) is 0 Å². The summed E-state index contributed by atoms with van der Waals surface area (Å²) in [6, 6.07) is 8.89. The van der Waals surface area contributed by atoms with Gasteiger partial charge >= 0.3 is 0 Å². The predicted octanol–water partition coefficient (Wildman–Crippen LogP) is 2.79. The van der Waals surface area contributed by atoms with Crippen molar-refractivity contribution in [2.45, 2.75) is 4.90 Å². The fraction of sp³-hybridized carbons (Fsp3) is 0.133. The van der Waals surface area contributed by atoms with Gasteiger partial charge in [-0.3, -0.25) is 10.1 Å². The summed E-state index contributed by atoms with van der Waals surface area (Å²) in [6.07, 6.45) is 0. The van der Waals surface area contributed by atoms with E-state index in [1.165, 1.54) is 32.3 Å². The largest absolute Gasteiger partial charge is 0.332 e. The average Bonchev–Trinajstić information content (AvgIpc) is 2.56. The van der Waals surface area contributed by atoms with E-state index in [4.69, 9.17) is 12.2 Å². The molecule has 0 amide bonds. The maximum atomic E-state index is 13.8. The number of halogens is 1. The summed E-state index contributed by atoms with van der Waals surface area (Å²) < 4.78 is 39.1. The molecule has 2 aromatic carbocycles. The number of nitro groups is 1. The van der Waals surface area contributed by atoms with E-state index in [2.05, 4.69) is 10.6 Å². The second-order valence-corrected chi connectivity index (χ2v) is 7.88. The topological polar surface area (TPSA) is 105 Å². The number of thiocarbonyl (C=S) groups is 1. The van der Waals surface area contributed by atoms with E-state index in [0.29, 0.717) is 5.69 Å². The monoisotopic (exact) mass is 398 g/mol. The summed E-state index contributed by atoms with van der Waals surface area (Å²) in [7, 11) is -0.802. The number of hydrogen-bond acceptors (Lipinski definition) is 5. The number of benzene rings is 2. The minimum absolute atomic E-state index is 0.0520. The molecule has 0 heterocycles. The fourth-order valence-electron chi connectivity index (χ4n) is 1.95. The number of nitrogens with one attached hydrogen (secondary N) is 2. The zero-order valence-electron chi connectivity index (χ0n) is 13.8. The van der Waals surface area contributed by atoms with Gasteiger partial charge < -0.3 is 10.6 Å². The quantitative estimate of drug-likeness (QED) is 0.453. The molecule has 0 atom stereocenters. The second kappa shape index (κ2) is 7.72. The molecule has 2 rings (SSSR count). The summed E-state index contributed by atoms with van der Waals surface area (Å²) >= 11 is 5.06. The van der Waals surface area contributed by atoms with Crippen molar-refractivity contribution >= 4 is 44.4 Å². The zero-order chi connectivity index (χ0) is 19.5. The SMILES string of the molecule is CN(C)S(=O)(=O)c1cccc(NC(=S)Nc2cc([N+](=O)[O-])ccc2F)c1. The van der Waals surface area contributed by atoms with Crippen molar-refractivity contribution in [2.75, 3.05) is 24.7 Å². The van der Waals surface area contributed by atoms with Gasteiger partial charge in [-0.05, 0) is 36.5 Å². The third-order valence-corrected chi connectivity index (χ3v) is 5.29. The van der Waals surface area contributed by atoms with Gasteiger partial charge in [0.15, 0.2) is 5.11 Å². The number of nitro benzene ring substituents is 1. The molecule has 0 radical (unpaired) electrons. The van der Waals surface area contributed by atoms with Crippen LogP contribution in [0.15, 0.2) is 47.4 Å². The summed E-state index contributed by atoms with van der Waals surface area (Å²) in [5.41, 5.74) is -0.110. The van der Waals surface area contributed by atoms with Gasteiger partial charge in [-0.2, -0.15) is 0 Å². The summed E-state index contributed by atoms with van der Waals surface area (Å²) in [6.45, 7) is 0. The zero-order valence-corrected chi connectivity index (χ0v) is 15.4. The van der Waals surface area contributed by atoms with Crippen LogP contribution in [0.25, 0.3) is 0 Å². The van der Waals surface area contributed by atoms with E-state index in [1.54, 1.807) is 6.07 Å². The Morgan fingerprint density at radius 1 is 1.19 bits per heavy atom. The van der Waals surface area contributed by atoms with E-state index in [0.717, 1.165) is 22.5 Å². The highest BCUT2D eigenvalue weighted by molar-refractivity contribution is 7.89. The molecule has 0 bridgehead atoms. The number of hydrogen-bond donors (Lipinski definition) is 2. The first-order valence-electron chi connectivity index (χ1n) is 7.16. The van der Waals surface area contributed by atoms with Crippen LogP contribution in [0.4, 0.5) is 21.5 Å². The molecule has 0 aliphatic heterocycles. The Labute approximate surface area is 154 Å². The molecule has 26 heavy (non-hydrogen) atoms. The minimum Gasteiger partial charge on any atom is -0.332 e. The van der Waals surface area contributed by atoms with E-state index >= 15 is 0 Å². The molecule has 0 fully saturated rings. The highest BCUT2D eigenvalue weighted by Gasteiger charge is 2.17. The van der Waals surface area contributed by atoms with Crippen molar-refractivity contribution in [3.63, 3.8) is 0 Å². The molecule has 8 nitrogen and oxygen atoms in total. The molecule has 0 unspecified atom stereocenters. The Hall–Kier alpha value is -2.63. The molecule has 0 aliphatic carbocycles. The Bertz CT molecular complexity index is 964. The van der Waals surface area contributed by atoms with Crippen molar-refractivity contribution < 1.29 is 17.7 Å². The van der Waals surface area contributed by atoms with E-state index in [1.807, 2.05) is 0 Å². The van der Waals surface area contributed by atoms with Gasteiger partial charge in [0.05, 0.1) is 15.5 Å². The van der Waals surface area contributed by atoms with Crippen molar-refractivity contribution in [3.8, 4) is 0 Å². The molecular weight excluding hydrogens is 383 g/mol. The average molecular weight is 398 g/mol. The smallest absolute Gasteiger partial charge is 0.271 e. The number of anilines is 2. The van der Waals surface area contributed by atoms with Crippen molar-refractivity contribution in [3.05, 3.63) is 58.4 Å². The first kappa shape index (κ1) is 19.7. The third-order valence-electron chi connectivity index (χ3n) is 3.28. The van der Waals surface area contributed by atoms with E-state index in [-0.39, 0.29) is 21.4 Å². The number of nitrogens with zero attached hydrogens (tertiary/aromatic N) is 2. The van der Waals surface area contributed by atoms with Crippen molar-refractivity contribution in [1.82, 2.24) is 4.31 Å². The standard InChI is InChI=1S/C15H15FN4O4S2/c1-19(2)26(23,24)12-5-3-4-10(8-12)17-15(25)18-14-9-11(20(21)22)6-7-13(14)16/h3-9H,1-2H3,(H2,17,18,25). The van der Waals surface area contributed by atoms with Crippen LogP contribution in [0.3, 0.4) is 0 Å². The van der Waals surface area contributed by atoms with Gasteiger partial charge in [0.1, 0.15) is 5.82 Å². The van der Waals surface area contributed by atoms with Crippen molar-refractivity contribution in [2.24, 2.45) is 0 Å². The molecule has 11 heteroatoms. The summed E-state index contributed by atoms with van der Waals surface area (Å²) in [5.74, 6) is -0.719. The molecule has 0 saturated heterocycles. The maximum absolute atomic E-state index is 13.8. The van der Waals surface area contributed by atoms with Crippen LogP contribution in [-0.4, -0.2) is 36.9 Å². The summed E-state index contributed by atoms with van der Waals surface area (Å²) in [4.78, 5) is 10.2. The first-order valence-corrected chi connectivity index (χ1v) is 9.00. The molecule has 2 N–H and O–H groups in total. The molecule has 138 valence electrons. The van der Waals surface area contributed by atoms with Gasteiger partial charge in [0.2, 0.25) is 10.0 Å². The number of rotatable bonds is 5. The normalized spacial score (nSPS) is 11.2. The Kier molecular flexibility index (Phi) is 5.85. The number of sulfonamides is 1. The lowest BCUT2D eigenvalue weighted by Gasteiger charge is -2.14. The van der Waals surface area contributed by atoms with Crippen LogP contribution in [0, 0.1) is 15.9 Å². The predicted molar refractivity (Wildman–Crippen MR) is 100 cm³/mol. The molecule has 0 aliphatic rings. The van der Waals surface area contributed by atoms with E-state index < -0.39 is 20.8 Å². The fourth-order valence-corrected chi connectivity index (χ4v) is 3.13. The third kappa shape index (κ3) is 4.50. The summed E-state index contributed by atoms with van der Waals surface area (Å²) in [5, 5.41) is 16.0. The van der Waals surface area contributed by atoms with Crippen LogP contribution >= 0.6 is 12.2 Å². The molecular formula is C15H15FN4O4S2. The van der Waals surface area contributed by atoms with Crippen LogP contribution in [0.1, 0.15) is 0 Å². The van der Waals surface area contributed by atoms with Crippen molar-refractivity contribution in [1.29, 1.82) is 0 Å². The lowest BCUT2D eigenvalue weighted by atomic mass is 10.2. The van der Waals surface area contributed by atoms with Gasteiger partial charge in [0, 0.05) is 31.9 Å². The van der Waals surface area contributed by atoms with Crippen LogP contribution in [-0.2, 0) is 10.0 Å². The lowest BCUT2D eigenvalue weighted by Crippen LogP contribution is -2.23. The van der Waals surface area contributed by atoms with Crippen LogP contribution < -0.4 is 10.6 Å². The molecule has 0 spiro atoms. The minimum atomic E-state index is -3.62. The Morgan fingerprint density at radius 2 is 1.88 bits per heavy atom. The maximum Gasteiger partial charge on any atom is 0.271 e. The van der Waals surface area contributed by atoms with Gasteiger partial charge in [-0.15, -0.1) is 0 Å². The molecule has 0 aromatic heterocycles. The molecule has 2 aromatic rings. The van der Waals surface area contributed by atoms with Gasteiger partial charge in [-0.1, -0.05) is 6.07 Å². The van der Waals surface area contributed by atoms with Gasteiger partial charge in [-0.25, -0.2) is 17.1 Å². The highest BCUT2D eigenvalue weighted by atomic mass is 32.2. The van der Waals surface area contributed by atoms with E-state index in [9.17, 15) is 22.9 Å². The van der Waals surface area contributed by atoms with Gasteiger partial charge in [0.25, 0.3) is 5.69 Å². The Balaban J connectivity index is 2.19. The number of non-ortho nitro benzene ring substituents is 1. The first-order chi connectivity index (χ1) is 12.1. The lowest BCUT2D eigenvalue weighted by molar-refractivity contribution is -0.384.